The number of aromatic nitrogens is 1. The molecule has 1 atom stereocenters. The summed E-state index contributed by atoms with van der Waals surface area (Å²) in [6.07, 6.45) is 6.57. The molecule has 1 N–H and O–H groups in total. The van der Waals surface area contributed by atoms with Gasteiger partial charge in [-0.25, -0.2) is 0 Å². The number of benzene rings is 1. The van der Waals surface area contributed by atoms with E-state index in [1.54, 1.807) is 13.1 Å². The predicted octanol–water partition coefficient (Wildman–Crippen LogP) is 3.86. The minimum atomic E-state index is -0.472. The van der Waals surface area contributed by atoms with Crippen LogP contribution >= 0.6 is 11.6 Å². The molecule has 1 aromatic heterocycles. The Morgan fingerprint density at radius 3 is 2.89 bits per heavy atom. The van der Waals surface area contributed by atoms with Gasteiger partial charge in [0.15, 0.2) is 5.78 Å². The number of aromatic amines is 1. The molecule has 2 aromatic rings. The molecule has 18 heavy (non-hydrogen) atoms. The summed E-state index contributed by atoms with van der Waals surface area (Å²) < 4.78 is 0. The highest BCUT2D eigenvalue weighted by Crippen LogP contribution is 2.30. The first-order valence-corrected chi connectivity index (χ1v) is 6.92. The molecule has 1 aliphatic carbocycles. The number of carbonyl (C=O) groups is 1. The number of nitrogens with one attached hydrogen (secondary N) is 1. The lowest BCUT2D eigenvalue weighted by Crippen LogP contribution is -2.10. The number of halogens is 1. The monoisotopic (exact) mass is 261 g/mol. The molecule has 3 rings (SSSR count). The zero-order valence-corrected chi connectivity index (χ0v) is 11.2. The molecule has 1 unspecified atom stereocenters. The number of hydrogen-bond donors (Lipinski definition) is 1. The molecule has 0 radical (unpaired) electrons. The normalized spacial score (nSPS) is 16.6. The third-order valence-electron chi connectivity index (χ3n) is 3.81. The summed E-state index contributed by atoms with van der Waals surface area (Å²) in [7, 11) is 0. The number of H-pyrrole nitrogens is 1. The largest absolute Gasteiger partial charge is 0.360 e. The quantitative estimate of drug-likeness (QED) is 0.646. The van der Waals surface area contributed by atoms with Gasteiger partial charge in [-0.05, 0) is 43.7 Å². The maximum Gasteiger partial charge on any atom is 0.182 e. The molecule has 0 amide bonds. The van der Waals surface area contributed by atoms with Crippen LogP contribution in [0, 0.1) is 0 Å². The van der Waals surface area contributed by atoms with Crippen molar-refractivity contribution in [2.24, 2.45) is 0 Å². The average molecular weight is 262 g/mol. The van der Waals surface area contributed by atoms with Crippen LogP contribution in [0.2, 0.25) is 0 Å². The Bertz CT molecular complexity index is 612. The van der Waals surface area contributed by atoms with Crippen LogP contribution in [0.15, 0.2) is 18.3 Å². The number of rotatable bonds is 2. The highest BCUT2D eigenvalue weighted by molar-refractivity contribution is 6.35. The van der Waals surface area contributed by atoms with Gasteiger partial charge in [0.25, 0.3) is 0 Å². The molecule has 1 aliphatic rings. The van der Waals surface area contributed by atoms with Gasteiger partial charge in [0.05, 0.1) is 5.38 Å². The lowest BCUT2D eigenvalue weighted by molar-refractivity contribution is 0.0993. The lowest BCUT2D eigenvalue weighted by Gasteiger charge is -2.16. The van der Waals surface area contributed by atoms with Crippen molar-refractivity contribution < 1.29 is 4.79 Å². The minimum absolute atomic E-state index is 0.00123. The topological polar surface area (TPSA) is 32.9 Å². The van der Waals surface area contributed by atoms with E-state index in [-0.39, 0.29) is 5.78 Å². The highest BCUT2D eigenvalue weighted by Gasteiger charge is 2.20. The number of alkyl halides is 1. The van der Waals surface area contributed by atoms with Gasteiger partial charge in [0, 0.05) is 22.7 Å². The molecule has 0 spiro atoms. The predicted molar refractivity (Wildman–Crippen MR) is 74.6 cm³/mol. The molecular weight excluding hydrogens is 246 g/mol. The van der Waals surface area contributed by atoms with E-state index in [2.05, 4.69) is 17.1 Å². The van der Waals surface area contributed by atoms with Gasteiger partial charge in [-0.1, -0.05) is 12.1 Å². The molecule has 0 bridgehead atoms. The summed E-state index contributed by atoms with van der Waals surface area (Å²) in [6, 6.07) is 4.23. The minimum Gasteiger partial charge on any atom is -0.360 e. The van der Waals surface area contributed by atoms with Gasteiger partial charge >= 0.3 is 0 Å². The van der Waals surface area contributed by atoms with E-state index < -0.39 is 5.38 Å². The van der Waals surface area contributed by atoms with Crippen LogP contribution in [0.4, 0.5) is 0 Å². The second kappa shape index (κ2) is 4.43. The Morgan fingerprint density at radius 2 is 2.11 bits per heavy atom. The van der Waals surface area contributed by atoms with Crippen LogP contribution in [-0.2, 0) is 12.8 Å². The summed E-state index contributed by atoms with van der Waals surface area (Å²) in [5.41, 5.74) is 4.67. The Morgan fingerprint density at radius 1 is 1.33 bits per heavy atom. The van der Waals surface area contributed by atoms with E-state index in [1.165, 1.54) is 24.0 Å². The molecule has 1 heterocycles. The standard InChI is InChI=1S/C15H16ClNO/c1-9(16)15(18)13-8-17-14-11-5-3-2-4-10(11)6-7-12(13)14/h6-9,17H,2-5H2,1H3. The van der Waals surface area contributed by atoms with Crippen LogP contribution in [0.25, 0.3) is 10.9 Å². The third-order valence-corrected chi connectivity index (χ3v) is 4.01. The van der Waals surface area contributed by atoms with Crippen molar-refractivity contribution in [2.45, 2.75) is 38.0 Å². The Kier molecular flexibility index (Phi) is 2.90. The van der Waals surface area contributed by atoms with Gasteiger partial charge in [-0.2, -0.15) is 0 Å². The number of ketones is 1. The lowest BCUT2D eigenvalue weighted by atomic mass is 9.89. The summed E-state index contributed by atoms with van der Waals surface area (Å²) in [4.78, 5) is 15.3. The molecule has 1 aromatic carbocycles. The summed E-state index contributed by atoms with van der Waals surface area (Å²) >= 11 is 5.90. The molecular formula is C15H16ClNO. The summed E-state index contributed by atoms with van der Waals surface area (Å²) in [5, 5.41) is 0.549. The fraction of sp³-hybridized carbons (Fsp3) is 0.400. The van der Waals surface area contributed by atoms with Crippen LogP contribution < -0.4 is 0 Å². The van der Waals surface area contributed by atoms with E-state index in [1.807, 2.05) is 0 Å². The summed E-state index contributed by atoms with van der Waals surface area (Å²) in [5.74, 6) is -0.00123. The number of Topliss-reactive ketones (excluding diaryl/α,β-unsaturated/α-hetero) is 1. The average Bonchev–Trinajstić information content (AvgIpc) is 2.81. The van der Waals surface area contributed by atoms with Crippen molar-refractivity contribution in [3.05, 3.63) is 35.0 Å². The molecule has 0 saturated carbocycles. The number of hydrogen-bond acceptors (Lipinski definition) is 1. The smallest absolute Gasteiger partial charge is 0.182 e. The van der Waals surface area contributed by atoms with Crippen molar-refractivity contribution in [3.63, 3.8) is 0 Å². The molecule has 0 aliphatic heterocycles. The molecule has 3 heteroatoms. The Labute approximate surface area is 111 Å². The first-order valence-electron chi connectivity index (χ1n) is 6.48. The maximum absolute atomic E-state index is 12.0. The number of fused-ring (bicyclic) bond motifs is 3. The van der Waals surface area contributed by atoms with E-state index in [0.717, 1.165) is 29.3 Å². The molecule has 94 valence electrons. The van der Waals surface area contributed by atoms with E-state index in [0.29, 0.717) is 0 Å². The zero-order valence-electron chi connectivity index (χ0n) is 10.4. The van der Waals surface area contributed by atoms with Crippen LogP contribution in [0.3, 0.4) is 0 Å². The van der Waals surface area contributed by atoms with Crippen LogP contribution in [0.1, 0.15) is 41.3 Å². The van der Waals surface area contributed by atoms with Crippen molar-refractivity contribution in [2.75, 3.05) is 0 Å². The second-order valence-electron chi connectivity index (χ2n) is 5.02. The zero-order chi connectivity index (χ0) is 12.7. The highest BCUT2D eigenvalue weighted by atomic mass is 35.5. The van der Waals surface area contributed by atoms with Crippen LogP contribution in [0.5, 0.6) is 0 Å². The first kappa shape index (κ1) is 11.8. The van der Waals surface area contributed by atoms with Gasteiger partial charge in [0.2, 0.25) is 0 Å². The van der Waals surface area contributed by atoms with E-state index in [9.17, 15) is 4.79 Å². The van der Waals surface area contributed by atoms with Gasteiger partial charge in [-0.15, -0.1) is 11.6 Å². The van der Waals surface area contributed by atoms with Crippen molar-refractivity contribution in [3.8, 4) is 0 Å². The Hall–Kier alpha value is -1.28. The fourth-order valence-electron chi connectivity index (χ4n) is 2.86. The summed E-state index contributed by atoms with van der Waals surface area (Å²) in [6.45, 7) is 1.72. The SMILES string of the molecule is CC(Cl)C(=O)c1c[nH]c2c3c(ccc12)CCCC3. The van der Waals surface area contributed by atoms with Gasteiger partial charge < -0.3 is 4.98 Å². The molecule has 2 nitrogen and oxygen atoms in total. The van der Waals surface area contributed by atoms with Crippen molar-refractivity contribution in [1.29, 1.82) is 0 Å². The van der Waals surface area contributed by atoms with Gasteiger partial charge in [0.1, 0.15) is 0 Å². The molecule has 0 fully saturated rings. The third kappa shape index (κ3) is 1.76. The van der Waals surface area contributed by atoms with E-state index >= 15 is 0 Å². The second-order valence-corrected chi connectivity index (χ2v) is 5.67. The number of carbonyl (C=O) groups excluding carboxylic acids is 1. The van der Waals surface area contributed by atoms with E-state index in [4.69, 9.17) is 11.6 Å². The fourth-order valence-corrected chi connectivity index (χ4v) is 2.98. The Balaban J connectivity index is 2.18. The van der Waals surface area contributed by atoms with Crippen LogP contribution in [-0.4, -0.2) is 16.1 Å². The maximum atomic E-state index is 12.0. The van der Waals surface area contributed by atoms with Crippen molar-refractivity contribution in [1.82, 2.24) is 4.98 Å². The molecule has 0 saturated heterocycles. The first-order chi connectivity index (χ1) is 8.68. The number of aryl methyl sites for hydroxylation is 2. The van der Waals surface area contributed by atoms with Crippen molar-refractivity contribution >= 4 is 28.3 Å². The van der Waals surface area contributed by atoms with Gasteiger partial charge in [-0.3, -0.25) is 4.79 Å².